The summed E-state index contributed by atoms with van der Waals surface area (Å²) in [6.07, 6.45) is -3.08. The quantitative estimate of drug-likeness (QED) is 0.322. The summed E-state index contributed by atoms with van der Waals surface area (Å²) < 4.78 is 110. The van der Waals surface area contributed by atoms with E-state index in [1.807, 2.05) is 0 Å². The number of alkyl halides is 3. The van der Waals surface area contributed by atoms with E-state index in [1.165, 1.54) is 13.8 Å². The molecule has 0 aliphatic heterocycles. The number of carbonyl (C=O) groups is 1. The predicted molar refractivity (Wildman–Crippen MR) is 94.6 cm³/mol. The molecule has 0 spiro atoms. The molecule has 1 aromatic carbocycles. The number of rotatable bonds is 6. The summed E-state index contributed by atoms with van der Waals surface area (Å²) >= 11 is 5.17. The SMILES string of the molecule is CS(=O)Cc1c(F)c(F)c(COC(=O)[C@H]2[C@@H](/C=C(\Cl)C(F)(F)F)C2(C)C)c(F)c1F. The highest BCUT2D eigenvalue weighted by Crippen LogP contribution is 2.60. The van der Waals surface area contributed by atoms with Crippen LogP contribution in [-0.4, -0.2) is 22.6 Å². The van der Waals surface area contributed by atoms with Crippen LogP contribution in [0.4, 0.5) is 30.7 Å². The van der Waals surface area contributed by atoms with E-state index in [0.29, 0.717) is 6.08 Å². The zero-order chi connectivity index (χ0) is 23.2. The lowest BCUT2D eigenvalue weighted by molar-refractivity contribution is -0.147. The minimum absolute atomic E-state index is 0.646. The van der Waals surface area contributed by atoms with Gasteiger partial charge in [0.25, 0.3) is 0 Å². The Morgan fingerprint density at radius 2 is 1.57 bits per heavy atom. The summed E-state index contributed by atoms with van der Waals surface area (Å²) in [7, 11) is -1.79. The van der Waals surface area contributed by atoms with Crippen molar-refractivity contribution in [1.29, 1.82) is 0 Å². The molecule has 30 heavy (non-hydrogen) atoms. The minimum Gasteiger partial charge on any atom is -0.460 e. The minimum atomic E-state index is -4.81. The molecule has 1 aliphatic rings. The van der Waals surface area contributed by atoms with Crippen LogP contribution in [0.5, 0.6) is 0 Å². The van der Waals surface area contributed by atoms with Crippen molar-refractivity contribution < 1.29 is 44.5 Å². The second kappa shape index (κ2) is 8.49. The first-order chi connectivity index (χ1) is 13.6. The molecule has 0 radical (unpaired) electrons. The molecule has 1 saturated carbocycles. The van der Waals surface area contributed by atoms with Crippen molar-refractivity contribution in [3.8, 4) is 0 Å². The highest BCUT2D eigenvalue weighted by Gasteiger charge is 2.62. The summed E-state index contributed by atoms with van der Waals surface area (Å²) in [5.41, 5.74) is -3.23. The van der Waals surface area contributed by atoms with Crippen LogP contribution in [0.1, 0.15) is 25.0 Å². The Hall–Kier alpha value is -1.62. The Morgan fingerprint density at radius 1 is 1.10 bits per heavy atom. The number of ether oxygens (including phenoxy) is 1. The fourth-order valence-electron chi connectivity index (χ4n) is 3.10. The van der Waals surface area contributed by atoms with E-state index < -0.39 is 92.0 Å². The topological polar surface area (TPSA) is 43.4 Å². The molecule has 0 aromatic heterocycles. The van der Waals surface area contributed by atoms with Gasteiger partial charge in [0.1, 0.15) is 11.6 Å². The van der Waals surface area contributed by atoms with Crippen molar-refractivity contribution in [1.82, 2.24) is 0 Å². The molecule has 1 aliphatic carbocycles. The molecule has 0 bridgehead atoms. The average Bonchev–Trinajstić information content (AvgIpc) is 3.16. The lowest BCUT2D eigenvalue weighted by Crippen LogP contribution is -2.15. The number of hydrogen-bond acceptors (Lipinski definition) is 3. The van der Waals surface area contributed by atoms with E-state index in [1.54, 1.807) is 0 Å². The summed E-state index contributed by atoms with van der Waals surface area (Å²) in [5.74, 6) is -11.1. The van der Waals surface area contributed by atoms with Gasteiger partial charge in [0.2, 0.25) is 0 Å². The van der Waals surface area contributed by atoms with Gasteiger partial charge < -0.3 is 4.74 Å². The largest absolute Gasteiger partial charge is 0.460 e. The molecule has 1 fully saturated rings. The molecule has 12 heteroatoms. The van der Waals surface area contributed by atoms with Crippen LogP contribution >= 0.6 is 11.6 Å². The maximum atomic E-state index is 14.1. The van der Waals surface area contributed by atoms with Crippen molar-refractivity contribution >= 4 is 28.4 Å². The molecule has 3 atom stereocenters. The highest BCUT2D eigenvalue weighted by atomic mass is 35.5. The third-order valence-corrected chi connectivity index (χ3v) is 5.95. The molecule has 3 nitrogen and oxygen atoms in total. The number of hydrogen-bond donors (Lipinski definition) is 0. The maximum Gasteiger partial charge on any atom is 0.426 e. The van der Waals surface area contributed by atoms with Gasteiger partial charge in [0, 0.05) is 22.6 Å². The Bertz CT molecular complexity index is 898. The highest BCUT2D eigenvalue weighted by molar-refractivity contribution is 7.83. The maximum absolute atomic E-state index is 14.1. The first-order valence-corrected chi connectivity index (χ1v) is 10.5. The fourth-order valence-corrected chi connectivity index (χ4v) is 3.90. The van der Waals surface area contributed by atoms with Gasteiger partial charge in [-0.15, -0.1) is 0 Å². The summed E-state index contributed by atoms with van der Waals surface area (Å²) in [4.78, 5) is 12.2. The van der Waals surface area contributed by atoms with Gasteiger partial charge >= 0.3 is 12.1 Å². The molecule has 2 rings (SSSR count). The van der Waals surface area contributed by atoms with Crippen molar-refractivity contribution in [3.05, 3.63) is 45.5 Å². The number of allylic oxidation sites excluding steroid dienone is 2. The molecule has 0 N–H and O–H groups in total. The Balaban J connectivity index is 2.20. The van der Waals surface area contributed by atoms with Gasteiger partial charge in [0.05, 0.1) is 17.2 Å². The monoisotopic (exact) mass is 480 g/mol. The van der Waals surface area contributed by atoms with E-state index in [4.69, 9.17) is 16.3 Å². The average molecular weight is 481 g/mol. The number of benzene rings is 1. The molecule has 168 valence electrons. The summed E-state index contributed by atoms with van der Waals surface area (Å²) in [5, 5.41) is -1.43. The zero-order valence-corrected chi connectivity index (χ0v) is 17.4. The Kier molecular flexibility index (Phi) is 6.97. The molecular weight excluding hydrogens is 465 g/mol. The molecule has 0 heterocycles. The zero-order valence-electron chi connectivity index (χ0n) is 15.8. The van der Waals surface area contributed by atoms with Gasteiger partial charge in [0.15, 0.2) is 23.3 Å². The first kappa shape index (κ1) is 24.6. The Labute approximate surface area is 174 Å². The van der Waals surface area contributed by atoms with Crippen LogP contribution < -0.4 is 0 Å². The van der Waals surface area contributed by atoms with Gasteiger partial charge in [-0.1, -0.05) is 31.5 Å². The normalized spacial score (nSPS) is 22.0. The molecule has 1 unspecified atom stereocenters. The van der Waals surface area contributed by atoms with E-state index in [2.05, 4.69) is 0 Å². The van der Waals surface area contributed by atoms with Crippen molar-refractivity contribution in [2.75, 3.05) is 6.26 Å². The van der Waals surface area contributed by atoms with Crippen LogP contribution in [0.3, 0.4) is 0 Å². The van der Waals surface area contributed by atoms with Gasteiger partial charge in [-0.05, 0) is 11.3 Å². The number of esters is 1. The van der Waals surface area contributed by atoms with Gasteiger partial charge in [-0.2, -0.15) is 13.2 Å². The van der Waals surface area contributed by atoms with E-state index >= 15 is 0 Å². The van der Waals surface area contributed by atoms with Gasteiger partial charge in [-0.25, -0.2) is 17.6 Å². The van der Waals surface area contributed by atoms with Crippen molar-refractivity contribution in [3.63, 3.8) is 0 Å². The van der Waals surface area contributed by atoms with Crippen LogP contribution in [0.15, 0.2) is 11.1 Å². The molecule has 0 saturated heterocycles. The lowest BCUT2D eigenvalue weighted by atomic mass is 10.1. The van der Waals surface area contributed by atoms with Crippen LogP contribution in [0, 0.1) is 40.5 Å². The second-order valence-corrected chi connectivity index (χ2v) is 9.22. The standard InChI is InChI=1S/C18H16ClF7O3S/c1-17(2)9(4-10(19)18(24,25)26)11(17)16(27)29-5-7-12(20)14(22)8(6-30(3)28)15(23)13(7)21/h4,9,11H,5-6H2,1-3H3/b10-4-/t9-,11-,30?/m1/s1. The molecule has 0 amide bonds. The van der Waals surface area contributed by atoms with E-state index in [0.717, 1.165) is 6.26 Å². The molecular formula is C18H16ClF7O3S. The van der Waals surface area contributed by atoms with E-state index in [9.17, 15) is 39.7 Å². The van der Waals surface area contributed by atoms with Gasteiger partial charge in [-0.3, -0.25) is 9.00 Å². The second-order valence-electron chi connectivity index (χ2n) is 7.38. The van der Waals surface area contributed by atoms with Crippen LogP contribution in [-0.2, 0) is 32.7 Å². The fraction of sp³-hybridized carbons (Fsp3) is 0.500. The third-order valence-electron chi connectivity index (χ3n) is 4.91. The Morgan fingerprint density at radius 3 is 2.00 bits per heavy atom. The van der Waals surface area contributed by atoms with Crippen molar-refractivity contribution in [2.24, 2.45) is 17.3 Å². The first-order valence-electron chi connectivity index (χ1n) is 8.35. The van der Waals surface area contributed by atoms with E-state index in [-0.39, 0.29) is 0 Å². The van der Waals surface area contributed by atoms with Crippen molar-refractivity contribution in [2.45, 2.75) is 32.4 Å². The van der Waals surface area contributed by atoms with Crippen LogP contribution in [0.25, 0.3) is 0 Å². The smallest absolute Gasteiger partial charge is 0.426 e. The van der Waals surface area contributed by atoms with Crippen LogP contribution in [0.2, 0.25) is 0 Å². The summed E-state index contributed by atoms with van der Waals surface area (Å²) in [6.45, 7) is 1.73. The molecule has 1 aromatic rings. The third kappa shape index (κ3) is 4.82. The predicted octanol–water partition coefficient (Wildman–Crippen LogP) is 5.12. The number of carbonyl (C=O) groups excluding carboxylic acids is 1. The number of halogens is 8. The summed E-state index contributed by atoms with van der Waals surface area (Å²) in [6, 6.07) is 0. The lowest BCUT2D eigenvalue weighted by Gasteiger charge is -2.12.